The van der Waals surface area contributed by atoms with Gasteiger partial charge < -0.3 is 15.5 Å². The molecule has 0 saturated heterocycles. The van der Waals surface area contributed by atoms with Crippen LogP contribution in [-0.2, 0) is 6.42 Å². The fourth-order valence-electron chi connectivity index (χ4n) is 2.53. The Morgan fingerprint density at radius 3 is 2.46 bits per heavy atom. The predicted octanol–water partition coefficient (Wildman–Crippen LogP) is 4.39. The Balaban J connectivity index is 3.01. The van der Waals surface area contributed by atoms with Crippen LogP contribution in [0.4, 0.5) is 0 Å². The minimum Gasteiger partial charge on any atom is -0.508 e. The molecule has 0 atom stereocenters. The molecule has 0 aliphatic carbocycles. The van der Waals surface area contributed by atoms with Gasteiger partial charge in [0.05, 0.1) is 5.56 Å². The zero-order chi connectivity index (χ0) is 18.3. The number of phenols is 2. The highest BCUT2D eigenvalue weighted by molar-refractivity contribution is 5.99. The van der Waals surface area contributed by atoms with Crippen molar-refractivity contribution in [1.29, 1.82) is 0 Å². The number of allylic oxidation sites excluding steroid dienone is 4. The number of carbonyl (C=O) groups is 1. The van der Waals surface area contributed by atoms with Gasteiger partial charge in [0.15, 0.2) is 0 Å². The van der Waals surface area contributed by atoms with Gasteiger partial charge in [0.2, 0.25) is 0 Å². The van der Waals surface area contributed by atoms with E-state index in [2.05, 4.69) is 25.2 Å². The average molecular weight is 331 g/mol. The summed E-state index contributed by atoms with van der Waals surface area (Å²) in [5.41, 5.74) is 3.67. The second-order valence-corrected chi connectivity index (χ2v) is 6.35. The third-order valence-electron chi connectivity index (χ3n) is 3.89. The monoisotopic (exact) mass is 331 g/mol. The number of rotatable bonds is 7. The summed E-state index contributed by atoms with van der Waals surface area (Å²) < 4.78 is 0. The van der Waals surface area contributed by atoms with Crippen LogP contribution in [0.5, 0.6) is 11.5 Å². The maximum atomic E-state index is 12.1. The molecule has 1 rings (SSSR count). The molecule has 0 saturated carbocycles. The van der Waals surface area contributed by atoms with Gasteiger partial charge in [-0.15, -0.1) is 0 Å². The molecule has 1 aromatic carbocycles. The van der Waals surface area contributed by atoms with E-state index in [4.69, 9.17) is 0 Å². The molecular formula is C20H29NO3. The molecule has 0 heterocycles. The molecule has 1 aromatic rings. The lowest BCUT2D eigenvalue weighted by Crippen LogP contribution is -2.23. The fourth-order valence-corrected chi connectivity index (χ4v) is 2.53. The van der Waals surface area contributed by atoms with Gasteiger partial charge in [-0.25, -0.2) is 0 Å². The molecule has 0 unspecified atom stereocenters. The Hall–Kier alpha value is -2.23. The fraction of sp³-hybridized carbons (Fsp3) is 0.450. The lowest BCUT2D eigenvalue weighted by atomic mass is 9.98. The van der Waals surface area contributed by atoms with Crippen LogP contribution in [0.3, 0.4) is 0 Å². The van der Waals surface area contributed by atoms with Crippen molar-refractivity contribution < 1.29 is 15.0 Å². The molecule has 132 valence electrons. The van der Waals surface area contributed by atoms with Crippen molar-refractivity contribution in [2.24, 2.45) is 0 Å². The summed E-state index contributed by atoms with van der Waals surface area (Å²) in [7, 11) is 0. The van der Waals surface area contributed by atoms with E-state index in [-0.39, 0.29) is 23.0 Å². The zero-order valence-corrected chi connectivity index (χ0v) is 15.4. The first-order valence-electron chi connectivity index (χ1n) is 8.39. The van der Waals surface area contributed by atoms with Crippen molar-refractivity contribution in [1.82, 2.24) is 5.32 Å². The van der Waals surface area contributed by atoms with Crippen molar-refractivity contribution in [3.63, 3.8) is 0 Å². The van der Waals surface area contributed by atoms with Gasteiger partial charge >= 0.3 is 0 Å². The van der Waals surface area contributed by atoms with Crippen LogP contribution < -0.4 is 5.32 Å². The van der Waals surface area contributed by atoms with Gasteiger partial charge in [0.25, 0.3) is 5.91 Å². The quantitative estimate of drug-likeness (QED) is 0.649. The summed E-state index contributed by atoms with van der Waals surface area (Å²) in [6, 6.07) is 1.53. The van der Waals surface area contributed by atoms with Gasteiger partial charge in [-0.2, -0.15) is 0 Å². The number of carbonyl (C=O) groups excluding carboxylic acids is 1. The molecule has 4 heteroatoms. The minimum absolute atomic E-state index is 0.0198. The van der Waals surface area contributed by atoms with Crippen LogP contribution in [0.2, 0.25) is 0 Å². The first kappa shape index (κ1) is 19.8. The summed E-state index contributed by atoms with van der Waals surface area (Å²) in [6.45, 7) is 10.2. The predicted molar refractivity (Wildman–Crippen MR) is 98.6 cm³/mol. The molecule has 0 aromatic heterocycles. The molecule has 0 aliphatic heterocycles. The van der Waals surface area contributed by atoms with Crippen molar-refractivity contribution in [3.05, 3.63) is 46.1 Å². The molecule has 1 amide bonds. The van der Waals surface area contributed by atoms with Gasteiger partial charge in [-0.05, 0) is 65.5 Å². The van der Waals surface area contributed by atoms with E-state index in [0.717, 1.165) is 12.8 Å². The molecule has 0 bridgehead atoms. The summed E-state index contributed by atoms with van der Waals surface area (Å²) in [5.74, 6) is -0.434. The summed E-state index contributed by atoms with van der Waals surface area (Å²) in [5, 5.41) is 23.3. The van der Waals surface area contributed by atoms with Crippen molar-refractivity contribution >= 4 is 5.91 Å². The molecule has 0 radical (unpaired) electrons. The number of nitrogens with one attached hydrogen (secondary N) is 1. The number of phenolic OH excluding ortho intramolecular Hbond substituents is 2. The highest BCUT2D eigenvalue weighted by Gasteiger charge is 2.19. The van der Waals surface area contributed by atoms with Crippen molar-refractivity contribution in [3.8, 4) is 11.5 Å². The maximum Gasteiger partial charge on any atom is 0.255 e. The van der Waals surface area contributed by atoms with E-state index in [0.29, 0.717) is 24.1 Å². The van der Waals surface area contributed by atoms with E-state index >= 15 is 0 Å². The normalized spacial score (nSPS) is 11.3. The molecule has 0 spiro atoms. The topological polar surface area (TPSA) is 69.6 Å². The number of aryl methyl sites for hydroxylation is 1. The third kappa shape index (κ3) is 5.44. The summed E-state index contributed by atoms with van der Waals surface area (Å²) in [4.78, 5) is 12.1. The van der Waals surface area contributed by atoms with Crippen molar-refractivity contribution in [2.75, 3.05) is 6.54 Å². The molecule has 24 heavy (non-hydrogen) atoms. The number of hydrogen-bond donors (Lipinski definition) is 3. The van der Waals surface area contributed by atoms with Gasteiger partial charge in [0.1, 0.15) is 11.5 Å². The summed E-state index contributed by atoms with van der Waals surface area (Å²) in [6.07, 6.45) is 6.48. The Morgan fingerprint density at radius 2 is 1.88 bits per heavy atom. The Kier molecular flexibility index (Phi) is 7.56. The maximum absolute atomic E-state index is 12.1. The third-order valence-corrected chi connectivity index (χ3v) is 3.89. The van der Waals surface area contributed by atoms with E-state index in [1.54, 1.807) is 6.92 Å². The lowest BCUT2D eigenvalue weighted by Gasteiger charge is -2.13. The van der Waals surface area contributed by atoms with Crippen LogP contribution in [0.15, 0.2) is 29.4 Å². The van der Waals surface area contributed by atoms with E-state index in [1.165, 1.54) is 17.2 Å². The highest BCUT2D eigenvalue weighted by Crippen LogP contribution is 2.34. The minimum atomic E-state index is -0.321. The van der Waals surface area contributed by atoms with Crippen LogP contribution in [0.1, 0.15) is 62.0 Å². The number of hydrogen-bond acceptors (Lipinski definition) is 3. The van der Waals surface area contributed by atoms with Gasteiger partial charge in [-0.1, -0.05) is 23.3 Å². The van der Waals surface area contributed by atoms with Crippen molar-refractivity contribution in [2.45, 2.75) is 53.9 Å². The number of amides is 1. The molecule has 3 N–H and O–H groups in total. The Labute approximate surface area is 144 Å². The molecule has 0 aliphatic rings. The standard InChI is InChI=1S/C20H29NO3/c1-6-21-20(24)18-15(5)12-17(22)16(19(18)23)11-10-14(4)9-7-8-13(2)3/h8,10,12,22-23H,6-7,9,11H2,1-5H3,(H,21,24)/b14-10+. The lowest BCUT2D eigenvalue weighted by molar-refractivity contribution is 0.0952. The smallest absolute Gasteiger partial charge is 0.255 e. The van der Waals surface area contributed by atoms with Crippen LogP contribution >= 0.6 is 0 Å². The van der Waals surface area contributed by atoms with Crippen LogP contribution in [0, 0.1) is 6.92 Å². The first-order chi connectivity index (χ1) is 11.3. The van der Waals surface area contributed by atoms with Crippen LogP contribution in [-0.4, -0.2) is 22.7 Å². The van der Waals surface area contributed by atoms with Crippen LogP contribution in [0.25, 0.3) is 0 Å². The first-order valence-corrected chi connectivity index (χ1v) is 8.39. The summed E-state index contributed by atoms with van der Waals surface area (Å²) >= 11 is 0. The Morgan fingerprint density at radius 1 is 1.21 bits per heavy atom. The zero-order valence-electron chi connectivity index (χ0n) is 15.4. The average Bonchev–Trinajstić information content (AvgIpc) is 2.46. The van der Waals surface area contributed by atoms with E-state index < -0.39 is 0 Å². The van der Waals surface area contributed by atoms with Gasteiger partial charge in [-0.3, -0.25) is 4.79 Å². The Bertz CT molecular complexity index is 653. The van der Waals surface area contributed by atoms with E-state index in [9.17, 15) is 15.0 Å². The number of benzene rings is 1. The molecular weight excluding hydrogens is 302 g/mol. The SMILES string of the molecule is CCNC(=O)c1c(C)cc(O)c(C/C=C(\C)CCC=C(C)C)c1O. The second kappa shape index (κ2) is 9.16. The molecule has 0 fully saturated rings. The highest BCUT2D eigenvalue weighted by atomic mass is 16.3. The van der Waals surface area contributed by atoms with E-state index in [1.807, 2.05) is 19.9 Å². The number of aromatic hydroxyl groups is 2. The second-order valence-electron chi connectivity index (χ2n) is 6.35. The largest absolute Gasteiger partial charge is 0.508 e. The molecule has 4 nitrogen and oxygen atoms in total. The van der Waals surface area contributed by atoms with Gasteiger partial charge in [0, 0.05) is 12.1 Å².